The third-order valence-corrected chi connectivity index (χ3v) is 3.37. The quantitative estimate of drug-likeness (QED) is 0.901. The van der Waals surface area contributed by atoms with Crippen LogP contribution in [-0.2, 0) is 4.74 Å². The second kappa shape index (κ2) is 6.11. The monoisotopic (exact) mass is 307 g/mol. The van der Waals surface area contributed by atoms with Gasteiger partial charge in [0.15, 0.2) is 11.5 Å². The van der Waals surface area contributed by atoms with E-state index < -0.39 is 0 Å². The minimum atomic E-state index is -0.170. The van der Waals surface area contributed by atoms with Crippen LogP contribution in [0.2, 0.25) is 5.02 Å². The Morgan fingerprint density at radius 1 is 1.33 bits per heavy atom. The molecule has 3 rings (SSSR count). The van der Waals surface area contributed by atoms with Crippen LogP contribution in [0.3, 0.4) is 0 Å². The van der Waals surface area contributed by atoms with E-state index in [1.54, 1.807) is 17.0 Å². The summed E-state index contributed by atoms with van der Waals surface area (Å²) in [4.78, 5) is 14.1. The number of anilines is 2. The van der Waals surface area contributed by atoms with E-state index in [2.05, 4.69) is 20.7 Å². The maximum absolute atomic E-state index is 12.4. The number of amides is 1. The summed E-state index contributed by atoms with van der Waals surface area (Å²) in [6.07, 6.45) is 0. The Bertz CT molecular complexity index is 639. The number of nitrogens with zero attached hydrogens (tertiary/aromatic N) is 3. The number of aromatic amines is 1. The minimum Gasteiger partial charge on any atom is -0.378 e. The summed E-state index contributed by atoms with van der Waals surface area (Å²) in [6, 6.07) is 7.17. The third-order valence-electron chi connectivity index (χ3n) is 3.14. The molecule has 1 fully saturated rings. The predicted octanol–water partition coefficient (Wildman–Crippen LogP) is 1.67. The van der Waals surface area contributed by atoms with E-state index in [4.69, 9.17) is 16.3 Å². The molecule has 8 heteroatoms. The lowest BCUT2D eigenvalue weighted by Gasteiger charge is -2.26. The second-order valence-corrected chi connectivity index (χ2v) is 5.00. The van der Waals surface area contributed by atoms with Gasteiger partial charge in [-0.05, 0) is 18.2 Å². The van der Waals surface area contributed by atoms with Gasteiger partial charge in [0.1, 0.15) is 0 Å². The maximum Gasteiger partial charge on any atom is 0.278 e. The number of H-pyrrole nitrogens is 1. The SMILES string of the molecule is O=C(c1n[nH]nc1Nc1cccc(Cl)c1)N1CCOCC1. The highest BCUT2D eigenvalue weighted by Crippen LogP contribution is 2.21. The van der Waals surface area contributed by atoms with Crippen molar-refractivity contribution in [3.8, 4) is 0 Å². The fourth-order valence-corrected chi connectivity index (χ4v) is 2.28. The van der Waals surface area contributed by atoms with E-state index in [1.165, 1.54) is 0 Å². The Hall–Kier alpha value is -2.12. The molecule has 0 aliphatic carbocycles. The molecule has 7 nitrogen and oxygen atoms in total. The largest absolute Gasteiger partial charge is 0.378 e. The summed E-state index contributed by atoms with van der Waals surface area (Å²) in [6.45, 7) is 2.20. The molecule has 0 saturated carbocycles. The van der Waals surface area contributed by atoms with Crippen LogP contribution in [0.1, 0.15) is 10.5 Å². The first kappa shape index (κ1) is 13.8. The number of rotatable bonds is 3. The Kier molecular flexibility index (Phi) is 4.03. The van der Waals surface area contributed by atoms with Crippen LogP contribution in [0.4, 0.5) is 11.5 Å². The number of morpholine rings is 1. The molecule has 0 spiro atoms. The molecular formula is C13H14ClN5O2. The van der Waals surface area contributed by atoms with Gasteiger partial charge < -0.3 is 15.0 Å². The zero-order chi connectivity index (χ0) is 14.7. The van der Waals surface area contributed by atoms with Crippen LogP contribution in [0.5, 0.6) is 0 Å². The van der Waals surface area contributed by atoms with Gasteiger partial charge in [-0.25, -0.2) is 0 Å². The molecular weight excluding hydrogens is 294 g/mol. The first-order chi connectivity index (χ1) is 10.2. The molecule has 0 atom stereocenters. The van der Waals surface area contributed by atoms with E-state index in [1.807, 2.05) is 12.1 Å². The van der Waals surface area contributed by atoms with Gasteiger partial charge >= 0.3 is 0 Å². The molecule has 110 valence electrons. The van der Waals surface area contributed by atoms with Crippen LogP contribution >= 0.6 is 11.6 Å². The predicted molar refractivity (Wildman–Crippen MR) is 77.8 cm³/mol. The molecule has 1 saturated heterocycles. The molecule has 1 aromatic heterocycles. The lowest BCUT2D eigenvalue weighted by molar-refractivity contribution is 0.0299. The topological polar surface area (TPSA) is 83.1 Å². The summed E-state index contributed by atoms with van der Waals surface area (Å²) in [7, 11) is 0. The van der Waals surface area contributed by atoms with Gasteiger partial charge in [-0.15, -0.1) is 10.2 Å². The van der Waals surface area contributed by atoms with E-state index in [9.17, 15) is 4.79 Å². The van der Waals surface area contributed by atoms with Crippen LogP contribution in [-0.4, -0.2) is 52.5 Å². The molecule has 1 amide bonds. The molecule has 2 aromatic rings. The number of hydrogen-bond donors (Lipinski definition) is 2. The molecule has 1 aliphatic rings. The van der Waals surface area contributed by atoms with Crippen LogP contribution in [0.25, 0.3) is 0 Å². The summed E-state index contributed by atoms with van der Waals surface area (Å²) in [5.41, 5.74) is 1.00. The Balaban J connectivity index is 1.78. The number of ether oxygens (including phenoxy) is 1. The molecule has 2 N–H and O–H groups in total. The highest BCUT2D eigenvalue weighted by atomic mass is 35.5. The van der Waals surface area contributed by atoms with Crippen LogP contribution < -0.4 is 5.32 Å². The van der Waals surface area contributed by atoms with Crippen molar-refractivity contribution < 1.29 is 9.53 Å². The summed E-state index contributed by atoms with van der Waals surface area (Å²) >= 11 is 5.94. The van der Waals surface area contributed by atoms with Gasteiger partial charge in [-0.3, -0.25) is 4.79 Å². The number of nitrogens with one attached hydrogen (secondary N) is 2. The third kappa shape index (κ3) is 3.14. The normalized spacial score (nSPS) is 15.0. The number of hydrogen-bond acceptors (Lipinski definition) is 5. The molecule has 1 aliphatic heterocycles. The first-order valence-electron chi connectivity index (χ1n) is 6.54. The van der Waals surface area contributed by atoms with Gasteiger partial charge in [-0.1, -0.05) is 17.7 Å². The van der Waals surface area contributed by atoms with E-state index in [0.717, 1.165) is 5.69 Å². The molecule has 0 unspecified atom stereocenters. The number of carbonyl (C=O) groups excluding carboxylic acids is 1. The van der Waals surface area contributed by atoms with Crippen molar-refractivity contribution in [2.24, 2.45) is 0 Å². The number of halogens is 1. The Labute approximate surface area is 126 Å². The Morgan fingerprint density at radius 2 is 2.14 bits per heavy atom. The molecule has 21 heavy (non-hydrogen) atoms. The second-order valence-electron chi connectivity index (χ2n) is 4.56. The average molecular weight is 308 g/mol. The molecule has 1 aromatic carbocycles. The van der Waals surface area contributed by atoms with Gasteiger partial charge in [0.2, 0.25) is 0 Å². The van der Waals surface area contributed by atoms with Gasteiger partial charge in [0.05, 0.1) is 13.2 Å². The number of benzene rings is 1. The summed E-state index contributed by atoms with van der Waals surface area (Å²) in [5.74, 6) is 0.213. The van der Waals surface area contributed by atoms with Crippen molar-refractivity contribution in [3.63, 3.8) is 0 Å². The smallest absolute Gasteiger partial charge is 0.278 e. The minimum absolute atomic E-state index is 0.170. The van der Waals surface area contributed by atoms with Gasteiger partial charge in [0, 0.05) is 23.8 Å². The van der Waals surface area contributed by atoms with Crippen molar-refractivity contribution in [1.82, 2.24) is 20.3 Å². The lowest BCUT2D eigenvalue weighted by atomic mass is 10.3. The molecule has 2 heterocycles. The van der Waals surface area contributed by atoms with Crippen LogP contribution in [0.15, 0.2) is 24.3 Å². The number of carbonyl (C=O) groups is 1. The van der Waals surface area contributed by atoms with Crippen LogP contribution in [0, 0.1) is 0 Å². The lowest BCUT2D eigenvalue weighted by Crippen LogP contribution is -2.41. The van der Waals surface area contributed by atoms with Gasteiger partial charge in [0.25, 0.3) is 5.91 Å². The van der Waals surface area contributed by atoms with Gasteiger partial charge in [-0.2, -0.15) is 5.21 Å². The standard InChI is InChI=1S/C13H14ClN5O2/c14-9-2-1-3-10(8-9)15-12-11(16-18-17-12)13(20)19-4-6-21-7-5-19/h1-3,8H,4-7H2,(H2,15,16,17,18). The number of aromatic nitrogens is 3. The maximum atomic E-state index is 12.4. The fourth-order valence-electron chi connectivity index (χ4n) is 2.09. The molecule has 0 bridgehead atoms. The summed E-state index contributed by atoms with van der Waals surface area (Å²) < 4.78 is 5.24. The Morgan fingerprint density at radius 3 is 2.90 bits per heavy atom. The fraction of sp³-hybridized carbons (Fsp3) is 0.308. The van der Waals surface area contributed by atoms with Crippen molar-refractivity contribution in [2.75, 3.05) is 31.6 Å². The summed E-state index contributed by atoms with van der Waals surface area (Å²) in [5, 5.41) is 14.1. The first-order valence-corrected chi connectivity index (χ1v) is 6.92. The van der Waals surface area contributed by atoms with E-state index in [-0.39, 0.29) is 11.6 Å². The van der Waals surface area contributed by atoms with Crippen molar-refractivity contribution in [2.45, 2.75) is 0 Å². The highest BCUT2D eigenvalue weighted by Gasteiger charge is 2.24. The van der Waals surface area contributed by atoms with Crippen molar-refractivity contribution in [3.05, 3.63) is 35.0 Å². The average Bonchev–Trinajstić information content (AvgIpc) is 2.95. The highest BCUT2D eigenvalue weighted by molar-refractivity contribution is 6.30. The van der Waals surface area contributed by atoms with E-state index in [0.29, 0.717) is 37.1 Å². The van der Waals surface area contributed by atoms with Crippen molar-refractivity contribution in [1.29, 1.82) is 0 Å². The van der Waals surface area contributed by atoms with Crippen molar-refractivity contribution >= 4 is 29.0 Å². The zero-order valence-electron chi connectivity index (χ0n) is 11.2. The molecule has 0 radical (unpaired) electrons. The zero-order valence-corrected chi connectivity index (χ0v) is 11.9. The van der Waals surface area contributed by atoms with E-state index >= 15 is 0 Å².